The molecule has 1 aliphatic carbocycles. The van der Waals surface area contributed by atoms with Crippen molar-refractivity contribution in [2.45, 2.75) is 29.2 Å². The number of para-hydroxylation sites is 1. The number of hydrogen-bond acceptors (Lipinski definition) is 4. The van der Waals surface area contributed by atoms with E-state index in [-0.39, 0.29) is 12.1 Å². The number of carboxylic acid groups (broad SMARTS) is 1. The number of hydrogen-bond donors (Lipinski definition) is 3. The average molecular weight is 555 g/mol. The monoisotopic (exact) mass is 554 g/mol. The zero-order valence-corrected chi connectivity index (χ0v) is 21.3. The van der Waals surface area contributed by atoms with Crippen LogP contribution in [0.3, 0.4) is 0 Å². The number of carbonyl (C=O) groups excluding carboxylic acids is 2. The number of anilines is 2. The summed E-state index contributed by atoms with van der Waals surface area (Å²) >= 11 is 1.11. The molecule has 2 amide bonds. The van der Waals surface area contributed by atoms with Crippen molar-refractivity contribution in [1.82, 2.24) is 0 Å². The molecule has 3 atom stereocenters. The molecule has 4 rings (SSSR count). The van der Waals surface area contributed by atoms with Crippen molar-refractivity contribution >= 4 is 40.9 Å². The SMILES string of the molecule is O=C(Nc1ccccc1C(F)(F)F)C(Sc1cccc(NC(=O)C2CC=CCC2C(=O)O)c1)c1ccccc1. The number of allylic oxidation sites excluding steroid dienone is 2. The minimum absolute atomic E-state index is 0.272. The van der Waals surface area contributed by atoms with Gasteiger partial charge in [0.1, 0.15) is 5.25 Å². The van der Waals surface area contributed by atoms with Crippen LogP contribution in [0.4, 0.5) is 24.5 Å². The first-order chi connectivity index (χ1) is 18.6. The summed E-state index contributed by atoms with van der Waals surface area (Å²) in [4.78, 5) is 38.4. The van der Waals surface area contributed by atoms with Gasteiger partial charge in [0.2, 0.25) is 11.8 Å². The second-order valence-corrected chi connectivity index (χ2v) is 10.1. The van der Waals surface area contributed by atoms with E-state index in [0.717, 1.165) is 17.8 Å². The summed E-state index contributed by atoms with van der Waals surface area (Å²) in [5.41, 5.74) is -0.292. The Kier molecular flexibility index (Phi) is 8.75. The van der Waals surface area contributed by atoms with Gasteiger partial charge in [-0.15, -0.1) is 11.8 Å². The number of carboxylic acids is 1. The third-order valence-electron chi connectivity index (χ3n) is 6.27. The predicted molar refractivity (Wildman–Crippen MR) is 143 cm³/mol. The summed E-state index contributed by atoms with van der Waals surface area (Å²) < 4.78 is 40.5. The molecular formula is C29H25F3N2O4S. The molecule has 0 radical (unpaired) electrons. The fourth-order valence-electron chi connectivity index (χ4n) is 4.33. The van der Waals surface area contributed by atoms with Gasteiger partial charge in [0.05, 0.1) is 23.1 Å². The zero-order valence-electron chi connectivity index (χ0n) is 20.5. The van der Waals surface area contributed by atoms with E-state index in [4.69, 9.17) is 0 Å². The molecule has 3 N–H and O–H groups in total. The number of carbonyl (C=O) groups is 3. The van der Waals surface area contributed by atoms with Gasteiger partial charge in [-0.3, -0.25) is 14.4 Å². The number of halogens is 3. The molecule has 0 saturated heterocycles. The van der Waals surface area contributed by atoms with Crippen LogP contribution in [0.5, 0.6) is 0 Å². The average Bonchev–Trinajstić information content (AvgIpc) is 2.92. The molecule has 1 aliphatic rings. The van der Waals surface area contributed by atoms with Gasteiger partial charge >= 0.3 is 12.1 Å². The molecule has 39 heavy (non-hydrogen) atoms. The number of nitrogens with one attached hydrogen (secondary N) is 2. The van der Waals surface area contributed by atoms with Gasteiger partial charge in [0.25, 0.3) is 0 Å². The second-order valence-electron chi connectivity index (χ2n) is 8.95. The van der Waals surface area contributed by atoms with Gasteiger partial charge in [-0.25, -0.2) is 0 Å². The van der Waals surface area contributed by atoms with E-state index in [1.165, 1.54) is 18.2 Å². The second kappa shape index (κ2) is 12.2. The quantitative estimate of drug-likeness (QED) is 0.211. The minimum atomic E-state index is -4.64. The first-order valence-corrected chi connectivity index (χ1v) is 13.0. The Morgan fingerprint density at radius 2 is 1.51 bits per heavy atom. The smallest absolute Gasteiger partial charge is 0.418 e. The molecule has 0 heterocycles. The van der Waals surface area contributed by atoms with E-state index in [1.54, 1.807) is 66.7 Å². The molecule has 6 nitrogen and oxygen atoms in total. The highest BCUT2D eigenvalue weighted by Crippen LogP contribution is 2.39. The molecule has 0 spiro atoms. The zero-order chi connectivity index (χ0) is 28.0. The van der Waals surface area contributed by atoms with Gasteiger partial charge in [0, 0.05) is 10.6 Å². The van der Waals surface area contributed by atoms with Crippen LogP contribution in [-0.4, -0.2) is 22.9 Å². The van der Waals surface area contributed by atoms with Crippen LogP contribution in [-0.2, 0) is 20.6 Å². The van der Waals surface area contributed by atoms with E-state index in [1.807, 2.05) is 0 Å². The van der Waals surface area contributed by atoms with E-state index in [9.17, 15) is 32.7 Å². The Hall–Kier alpha value is -4.05. The molecule has 0 aromatic heterocycles. The van der Waals surface area contributed by atoms with Crippen molar-refractivity contribution in [2.75, 3.05) is 10.6 Å². The normalized spacial score (nSPS) is 17.7. The third-order valence-corrected chi connectivity index (χ3v) is 7.52. The Bertz CT molecular complexity index is 1380. The number of alkyl halides is 3. The topological polar surface area (TPSA) is 95.5 Å². The predicted octanol–water partition coefficient (Wildman–Crippen LogP) is 6.78. The molecule has 0 bridgehead atoms. The maximum atomic E-state index is 13.5. The van der Waals surface area contributed by atoms with Crippen LogP contribution in [0, 0.1) is 11.8 Å². The van der Waals surface area contributed by atoms with Crippen molar-refractivity contribution in [1.29, 1.82) is 0 Å². The summed E-state index contributed by atoms with van der Waals surface area (Å²) in [6.45, 7) is 0. The lowest BCUT2D eigenvalue weighted by atomic mass is 9.82. The molecule has 3 aromatic carbocycles. The van der Waals surface area contributed by atoms with Crippen LogP contribution in [0.25, 0.3) is 0 Å². The van der Waals surface area contributed by atoms with Crippen molar-refractivity contribution in [3.05, 3.63) is 102 Å². The highest BCUT2D eigenvalue weighted by Gasteiger charge is 2.35. The van der Waals surface area contributed by atoms with E-state index < -0.39 is 46.6 Å². The largest absolute Gasteiger partial charge is 0.481 e. The standard InChI is InChI=1S/C29H25F3N2O4S/c30-29(31,32)23-15-6-7-16-24(23)34-27(36)25(18-9-2-1-3-10-18)39-20-12-8-11-19(17-20)33-26(35)21-13-4-5-14-22(21)28(37)38/h1-12,15-17,21-22,25H,13-14H2,(H,33,35)(H,34,36)(H,37,38). The van der Waals surface area contributed by atoms with Crippen molar-refractivity contribution < 1.29 is 32.7 Å². The fourth-order valence-corrected chi connectivity index (χ4v) is 5.42. The molecule has 0 saturated carbocycles. The third kappa shape index (κ3) is 7.08. The summed E-state index contributed by atoms with van der Waals surface area (Å²) in [5, 5.41) is 13.8. The molecule has 202 valence electrons. The molecular weight excluding hydrogens is 529 g/mol. The molecule has 0 aliphatic heterocycles. The maximum Gasteiger partial charge on any atom is 0.418 e. The fraction of sp³-hybridized carbons (Fsp3) is 0.207. The lowest BCUT2D eigenvalue weighted by Gasteiger charge is -2.24. The Balaban J connectivity index is 1.55. The Morgan fingerprint density at radius 3 is 2.21 bits per heavy atom. The Morgan fingerprint density at radius 1 is 0.846 bits per heavy atom. The highest BCUT2D eigenvalue weighted by atomic mass is 32.2. The van der Waals surface area contributed by atoms with E-state index in [0.29, 0.717) is 22.6 Å². The van der Waals surface area contributed by atoms with Crippen LogP contribution in [0.15, 0.2) is 95.9 Å². The van der Waals surface area contributed by atoms with Crippen LogP contribution < -0.4 is 10.6 Å². The van der Waals surface area contributed by atoms with Gasteiger partial charge in [-0.05, 0) is 48.7 Å². The van der Waals surface area contributed by atoms with Crippen LogP contribution in [0.1, 0.15) is 29.2 Å². The number of amides is 2. The lowest BCUT2D eigenvalue weighted by Crippen LogP contribution is -2.34. The number of benzene rings is 3. The summed E-state index contributed by atoms with van der Waals surface area (Å²) in [5.74, 6) is -3.64. The lowest BCUT2D eigenvalue weighted by molar-refractivity contribution is -0.146. The van der Waals surface area contributed by atoms with Crippen LogP contribution in [0.2, 0.25) is 0 Å². The summed E-state index contributed by atoms with van der Waals surface area (Å²) in [6, 6.07) is 20.1. The van der Waals surface area contributed by atoms with Gasteiger partial charge < -0.3 is 15.7 Å². The molecule has 0 fully saturated rings. The van der Waals surface area contributed by atoms with Crippen molar-refractivity contribution in [3.8, 4) is 0 Å². The van der Waals surface area contributed by atoms with Crippen LogP contribution >= 0.6 is 11.8 Å². The molecule has 3 unspecified atom stereocenters. The number of aliphatic carboxylic acids is 1. The molecule has 3 aromatic rings. The first kappa shape index (κ1) is 28.0. The van der Waals surface area contributed by atoms with E-state index in [2.05, 4.69) is 10.6 Å². The van der Waals surface area contributed by atoms with Gasteiger partial charge in [0.15, 0.2) is 0 Å². The van der Waals surface area contributed by atoms with E-state index >= 15 is 0 Å². The summed E-state index contributed by atoms with van der Waals surface area (Å²) in [7, 11) is 0. The first-order valence-electron chi connectivity index (χ1n) is 12.1. The molecule has 10 heteroatoms. The van der Waals surface area contributed by atoms with Gasteiger partial charge in [-0.1, -0.05) is 60.7 Å². The van der Waals surface area contributed by atoms with Gasteiger partial charge in [-0.2, -0.15) is 13.2 Å². The van der Waals surface area contributed by atoms with Crippen molar-refractivity contribution in [2.24, 2.45) is 11.8 Å². The number of thioether (sulfide) groups is 1. The summed E-state index contributed by atoms with van der Waals surface area (Å²) in [6.07, 6.45) is -0.515. The van der Waals surface area contributed by atoms with Crippen molar-refractivity contribution in [3.63, 3.8) is 0 Å². The Labute approximate surface area is 227 Å². The minimum Gasteiger partial charge on any atom is -0.481 e. The highest BCUT2D eigenvalue weighted by molar-refractivity contribution is 8.00. The maximum absolute atomic E-state index is 13.5. The number of rotatable bonds is 8.